The quantitative estimate of drug-likeness (QED) is 0.862. The van der Waals surface area contributed by atoms with Crippen LogP contribution in [0.25, 0.3) is 0 Å². The van der Waals surface area contributed by atoms with Crippen molar-refractivity contribution in [3.05, 3.63) is 58.9 Å². The van der Waals surface area contributed by atoms with Gasteiger partial charge in [0.15, 0.2) is 15.3 Å². The van der Waals surface area contributed by atoms with Crippen LogP contribution >= 0.6 is 0 Å². The summed E-state index contributed by atoms with van der Waals surface area (Å²) in [6.07, 6.45) is 0. The van der Waals surface area contributed by atoms with Gasteiger partial charge in [-0.1, -0.05) is 10.3 Å². The van der Waals surface area contributed by atoms with E-state index in [-0.39, 0.29) is 10.7 Å². The van der Waals surface area contributed by atoms with Gasteiger partial charge in [-0.3, -0.25) is 4.90 Å². The third-order valence-corrected chi connectivity index (χ3v) is 4.85. The van der Waals surface area contributed by atoms with Gasteiger partial charge in [-0.25, -0.2) is 4.39 Å². The van der Waals surface area contributed by atoms with E-state index in [1.807, 2.05) is 13.0 Å². The van der Waals surface area contributed by atoms with Crippen LogP contribution in [-0.4, -0.2) is 22.6 Å². The number of halogens is 1. The average molecular weight is 350 g/mol. The molecule has 0 saturated heterocycles. The smallest absolute Gasteiger partial charge is 0.178 e. The van der Waals surface area contributed by atoms with Gasteiger partial charge in [-0.2, -0.15) is 0 Å². The number of benzene rings is 2. The molecule has 0 bridgehead atoms. The first kappa shape index (κ1) is 17.0. The lowest BCUT2D eigenvalue weighted by molar-refractivity contribution is 0.219. The predicted molar refractivity (Wildman–Crippen MR) is 88.5 cm³/mol. The maximum atomic E-state index is 13.5. The maximum absolute atomic E-state index is 13.5. The van der Waals surface area contributed by atoms with E-state index >= 15 is 0 Å². The first-order chi connectivity index (χ1) is 11.3. The molecular weight excluding hydrogens is 331 g/mol. The summed E-state index contributed by atoms with van der Waals surface area (Å²) in [5.41, 5.74) is 2.67. The molecule has 0 aliphatic carbocycles. The maximum Gasteiger partial charge on any atom is 0.178 e. The number of primary sulfonamides is 1. The molecule has 0 amide bonds. The number of hydrogen-bond donors (Lipinski definition) is 1. The summed E-state index contributed by atoms with van der Waals surface area (Å²) in [5.74, 6) is 0.286. The molecule has 3 rings (SSSR count). The largest absolute Gasteiger partial charge is 0.593 e. The summed E-state index contributed by atoms with van der Waals surface area (Å²) < 4.78 is 42.1. The molecule has 0 aromatic heterocycles. The lowest BCUT2D eigenvalue weighted by Crippen LogP contribution is -2.25. The molecule has 0 spiro atoms. The molecule has 0 radical (unpaired) electrons. The topological polar surface area (TPSA) is 78.6 Å². The van der Waals surface area contributed by atoms with Crippen molar-refractivity contribution in [3.63, 3.8) is 0 Å². The molecule has 2 N–H and O–H groups in total. The number of fused-ring (bicyclic) bond motifs is 1. The summed E-state index contributed by atoms with van der Waals surface area (Å²) in [4.78, 5) is 2.17. The van der Waals surface area contributed by atoms with Gasteiger partial charge >= 0.3 is 0 Å². The van der Waals surface area contributed by atoms with E-state index in [4.69, 9.17) is 9.88 Å². The van der Waals surface area contributed by atoms with Crippen LogP contribution in [0.5, 0.6) is 5.75 Å². The molecule has 0 saturated carbocycles. The van der Waals surface area contributed by atoms with Crippen molar-refractivity contribution in [2.24, 2.45) is 5.14 Å². The minimum Gasteiger partial charge on any atom is -0.593 e. The Balaban J connectivity index is 1.81. The van der Waals surface area contributed by atoms with E-state index in [1.165, 1.54) is 24.3 Å². The molecule has 1 heterocycles. The highest BCUT2D eigenvalue weighted by atomic mass is 32.3. The normalized spacial score (nSPS) is 17.5. The zero-order valence-corrected chi connectivity index (χ0v) is 14.1. The Morgan fingerprint density at radius 3 is 2.83 bits per heavy atom. The van der Waals surface area contributed by atoms with Crippen LogP contribution in [0.1, 0.15) is 16.7 Å². The number of hydrogen-bond acceptors (Lipinski definition) is 4. The van der Waals surface area contributed by atoms with Crippen LogP contribution in [-0.2, 0) is 27.7 Å². The average Bonchev–Trinajstić information content (AvgIpc) is 2.66. The van der Waals surface area contributed by atoms with Crippen molar-refractivity contribution in [2.45, 2.75) is 24.9 Å². The predicted octanol–water partition coefficient (Wildman–Crippen LogP) is 2.39. The van der Waals surface area contributed by atoms with Gasteiger partial charge in [0.2, 0.25) is 0 Å². The first-order valence-electron chi connectivity index (χ1n) is 7.58. The third kappa shape index (κ3) is 3.99. The Bertz CT molecular complexity index is 786. The summed E-state index contributed by atoms with van der Waals surface area (Å²) in [6.45, 7) is 4.14. The van der Waals surface area contributed by atoms with Gasteiger partial charge in [0.05, 0.1) is 0 Å². The second kappa shape index (κ2) is 6.60. The van der Waals surface area contributed by atoms with E-state index < -0.39 is 10.4 Å². The standard InChI is InChI=1S/C17H19FN2O3S/c1-12-6-13(8-15(18)7-12)10-20-4-5-23-17-9-16(24(19,21)22)3-2-14(17)11-20/h2-3,6-9H,4-5,10-11H2,1H3,(H2-,19,21,22). The second-order valence-electron chi connectivity index (χ2n) is 6.01. The van der Waals surface area contributed by atoms with Crippen molar-refractivity contribution in [1.82, 2.24) is 4.90 Å². The highest BCUT2D eigenvalue weighted by Gasteiger charge is 2.21. The van der Waals surface area contributed by atoms with Crippen molar-refractivity contribution in [2.75, 3.05) is 13.2 Å². The zero-order chi connectivity index (χ0) is 17.3. The van der Waals surface area contributed by atoms with E-state index in [0.29, 0.717) is 32.0 Å². The zero-order valence-electron chi connectivity index (χ0n) is 13.3. The molecule has 2 aromatic rings. The van der Waals surface area contributed by atoms with Crippen LogP contribution in [0.15, 0.2) is 41.3 Å². The Kier molecular flexibility index (Phi) is 4.69. The Morgan fingerprint density at radius 1 is 1.33 bits per heavy atom. The van der Waals surface area contributed by atoms with E-state index in [0.717, 1.165) is 16.7 Å². The molecule has 1 aliphatic rings. The lowest BCUT2D eigenvalue weighted by atomic mass is 10.1. The van der Waals surface area contributed by atoms with E-state index in [2.05, 4.69) is 4.90 Å². The first-order valence-corrected chi connectivity index (χ1v) is 9.13. The van der Waals surface area contributed by atoms with Gasteiger partial charge in [0, 0.05) is 31.3 Å². The fraction of sp³-hybridized carbons (Fsp3) is 0.294. The molecule has 2 aromatic carbocycles. The third-order valence-electron chi connectivity index (χ3n) is 3.93. The Hall–Kier alpha value is -1.80. The minimum absolute atomic E-state index is 0.0375. The molecule has 1 aliphatic heterocycles. The monoisotopic (exact) mass is 350 g/mol. The molecule has 1 unspecified atom stereocenters. The highest BCUT2D eigenvalue weighted by Crippen LogP contribution is 2.27. The van der Waals surface area contributed by atoms with Crippen LogP contribution in [0.2, 0.25) is 0 Å². The summed E-state index contributed by atoms with van der Waals surface area (Å²) in [7, 11) is -3.76. The summed E-state index contributed by atoms with van der Waals surface area (Å²) in [5, 5.41) is 5.16. The van der Waals surface area contributed by atoms with Crippen LogP contribution in [0.4, 0.5) is 4.39 Å². The number of sulfonamides is 1. The summed E-state index contributed by atoms with van der Waals surface area (Å²) >= 11 is 0. The lowest BCUT2D eigenvalue weighted by Gasteiger charge is -2.19. The van der Waals surface area contributed by atoms with Gasteiger partial charge in [-0.15, -0.1) is 5.14 Å². The van der Waals surface area contributed by atoms with Crippen LogP contribution in [0, 0.1) is 12.7 Å². The van der Waals surface area contributed by atoms with Crippen molar-refractivity contribution in [1.29, 1.82) is 0 Å². The van der Waals surface area contributed by atoms with Gasteiger partial charge < -0.3 is 9.29 Å². The molecule has 128 valence electrons. The van der Waals surface area contributed by atoms with Crippen molar-refractivity contribution < 1.29 is 17.9 Å². The van der Waals surface area contributed by atoms with E-state index in [9.17, 15) is 13.2 Å². The molecular formula is C17H19FN2O3S. The van der Waals surface area contributed by atoms with Crippen LogP contribution < -0.4 is 9.88 Å². The number of rotatable bonds is 3. The van der Waals surface area contributed by atoms with Gasteiger partial charge in [0.25, 0.3) is 0 Å². The minimum atomic E-state index is -3.76. The number of nitrogens with two attached hydrogens (primary N) is 1. The molecule has 5 nitrogen and oxygen atoms in total. The fourth-order valence-corrected chi connectivity index (χ4v) is 3.41. The van der Waals surface area contributed by atoms with Crippen molar-refractivity contribution in [3.8, 4) is 5.75 Å². The fourth-order valence-electron chi connectivity index (χ4n) is 2.88. The summed E-state index contributed by atoms with van der Waals surface area (Å²) in [6, 6.07) is 9.64. The molecule has 1 atom stereocenters. The van der Waals surface area contributed by atoms with Crippen molar-refractivity contribution >= 4 is 10.4 Å². The molecule has 7 heteroatoms. The second-order valence-corrected chi connectivity index (χ2v) is 7.57. The highest BCUT2D eigenvalue weighted by molar-refractivity contribution is 7.95. The Labute approximate surface area is 141 Å². The molecule has 0 fully saturated rings. The Morgan fingerprint density at radius 2 is 2.12 bits per heavy atom. The van der Waals surface area contributed by atoms with E-state index in [1.54, 1.807) is 6.07 Å². The van der Waals surface area contributed by atoms with Gasteiger partial charge in [0.1, 0.15) is 18.2 Å². The number of nitrogens with zero attached hydrogens (tertiary/aromatic N) is 1. The SMILES string of the molecule is Cc1cc(F)cc(CN2CCOc3cc([S+](N)(=O)[O-])ccc3C2)c1. The van der Waals surface area contributed by atoms with Crippen LogP contribution in [0.3, 0.4) is 0 Å². The molecule has 24 heavy (non-hydrogen) atoms. The van der Waals surface area contributed by atoms with Gasteiger partial charge in [-0.05, 0) is 42.3 Å². The number of ether oxygens (including phenoxy) is 1. The number of aryl methyl sites for hydroxylation is 1.